The van der Waals surface area contributed by atoms with Gasteiger partial charge in [0.1, 0.15) is 5.94 Å². The first-order chi connectivity index (χ1) is 5.67. The van der Waals surface area contributed by atoms with Gasteiger partial charge >= 0.3 is 11.9 Å². The fourth-order valence-corrected chi connectivity index (χ4v) is 0.472. The lowest BCUT2D eigenvalue weighted by Gasteiger charge is -1.99. The van der Waals surface area contributed by atoms with E-state index in [9.17, 15) is 14.4 Å². The lowest BCUT2D eigenvalue weighted by atomic mass is 10.3. The quantitative estimate of drug-likeness (QED) is 0.188. The maximum absolute atomic E-state index is 10.8. The van der Waals surface area contributed by atoms with Crippen LogP contribution in [0, 0.1) is 0 Å². The topological polar surface area (TPSA) is 69.7 Å². The molecular weight excluding hydrogens is 164 g/mol. The number of hydrogen-bond acceptors (Lipinski definition) is 5. The summed E-state index contributed by atoms with van der Waals surface area (Å²) >= 11 is 0. The Morgan fingerprint density at radius 3 is 2.25 bits per heavy atom. The van der Waals surface area contributed by atoms with Crippen LogP contribution in [0.25, 0.3) is 0 Å². The Bertz CT molecular complexity index is 236. The van der Waals surface area contributed by atoms with Gasteiger partial charge in [0.25, 0.3) is 0 Å². The number of carbonyl (C=O) groups excluding carboxylic acids is 3. The van der Waals surface area contributed by atoms with E-state index in [2.05, 4.69) is 9.47 Å². The van der Waals surface area contributed by atoms with Crippen molar-refractivity contribution in [2.45, 2.75) is 6.92 Å². The molecule has 5 heteroatoms. The second-order valence-corrected chi connectivity index (χ2v) is 1.69. The molecule has 0 N–H and O–H groups in total. The Kier molecular flexibility index (Phi) is 4.41. The molecule has 12 heavy (non-hydrogen) atoms. The predicted octanol–water partition coefficient (Wildman–Crippen LogP) is -0.520. The molecule has 5 nitrogen and oxygen atoms in total. The van der Waals surface area contributed by atoms with Gasteiger partial charge in [0.05, 0.1) is 13.7 Å². The van der Waals surface area contributed by atoms with Crippen LogP contribution in [0.15, 0.2) is 5.57 Å². The highest BCUT2D eigenvalue weighted by Gasteiger charge is 2.21. The molecule has 0 aliphatic carbocycles. The molecular formula is C7H8O5. The molecule has 0 aromatic carbocycles. The Labute approximate surface area is 69.0 Å². The Balaban J connectivity index is 4.48. The molecule has 0 unspecified atom stereocenters. The van der Waals surface area contributed by atoms with Gasteiger partial charge in [0.2, 0.25) is 5.57 Å². The van der Waals surface area contributed by atoms with Crippen molar-refractivity contribution in [2.24, 2.45) is 0 Å². The summed E-state index contributed by atoms with van der Waals surface area (Å²) < 4.78 is 8.51. The number of hydrogen-bond donors (Lipinski definition) is 0. The van der Waals surface area contributed by atoms with E-state index in [1.54, 1.807) is 6.92 Å². The van der Waals surface area contributed by atoms with Crippen molar-refractivity contribution in [3.63, 3.8) is 0 Å². The molecule has 0 amide bonds. The monoisotopic (exact) mass is 172 g/mol. The third-order valence-electron chi connectivity index (χ3n) is 0.971. The third-order valence-corrected chi connectivity index (χ3v) is 0.971. The lowest BCUT2D eigenvalue weighted by molar-refractivity contribution is -0.145. The van der Waals surface area contributed by atoms with Gasteiger partial charge in [0, 0.05) is 0 Å². The van der Waals surface area contributed by atoms with Crippen LogP contribution in [0.5, 0.6) is 0 Å². The molecule has 0 fully saturated rings. The summed E-state index contributed by atoms with van der Waals surface area (Å²) in [7, 11) is 1.05. The molecule has 0 bridgehead atoms. The van der Waals surface area contributed by atoms with E-state index in [0.29, 0.717) is 0 Å². The van der Waals surface area contributed by atoms with Crippen molar-refractivity contribution in [2.75, 3.05) is 13.7 Å². The van der Waals surface area contributed by atoms with Gasteiger partial charge in [-0.05, 0) is 6.92 Å². The molecule has 0 aromatic heterocycles. The average molecular weight is 172 g/mol. The minimum absolute atomic E-state index is 0.0843. The van der Waals surface area contributed by atoms with Crippen molar-refractivity contribution in [1.29, 1.82) is 0 Å². The van der Waals surface area contributed by atoms with Gasteiger partial charge in [-0.1, -0.05) is 0 Å². The molecule has 0 heterocycles. The largest absolute Gasteiger partial charge is 0.465 e. The zero-order valence-corrected chi connectivity index (χ0v) is 6.75. The van der Waals surface area contributed by atoms with Gasteiger partial charge < -0.3 is 9.47 Å². The summed E-state index contributed by atoms with van der Waals surface area (Å²) in [4.78, 5) is 31.4. The molecule has 0 atom stereocenters. The third kappa shape index (κ3) is 2.56. The summed E-state index contributed by atoms with van der Waals surface area (Å²) in [6.07, 6.45) is 0. The molecule has 66 valence electrons. The first-order valence-electron chi connectivity index (χ1n) is 3.17. The minimum Gasteiger partial charge on any atom is -0.465 e. The van der Waals surface area contributed by atoms with E-state index < -0.39 is 17.5 Å². The van der Waals surface area contributed by atoms with Gasteiger partial charge in [-0.25, -0.2) is 14.4 Å². The van der Waals surface area contributed by atoms with Crippen LogP contribution in [0.3, 0.4) is 0 Å². The van der Waals surface area contributed by atoms with Crippen molar-refractivity contribution in [3.05, 3.63) is 5.57 Å². The van der Waals surface area contributed by atoms with Gasteiger partial charge in [-0.15, -0.1) is 0 Å². The van der Waals surface area contributed by atoms with E-state index in [0.717, 1.165) is 13.1 Å². The summed E-state index contributed by atoms with van der Waals surface area (Å²) in [6.45, 7) is 1.64. The predicted molar refractivity (Wildman–Crippen MR) is 37.9 cm³/mol. The van der Waals surface area contributed by atoms with Crippen molar-refractivity contribution >= 4 is 17.9 Å². The summed E-state index contributed by atoms with van der Waals surface area (Å²) in [6, 6.07) is 0. The Morgan fingerprint density at radius 1 is 1.33 bits per heavy atom. The molecule has 0 rings (SSSR count). The fraction of sp³-hybridized carbons (Fsp3) is 0.429. The van der Waals surface area contributed by atoms with Crippen LogP contribution in [-0.2, 0) is 23.9 Å². The molecule has 0 radical (unpaired) electrons. The van der Waals surface area contributed by atoms with Gasteiger partial charge in [-0.2, -0.15) is 0 Å². The van der Waals surface area contributed by atoms with Gasteiger partial charge in [-0.3, -0.25) is 0 Å². The maximum atomic E-state index is 10.8. The van der Waals surface area contributed by atoms with Crippen molar-refractivity contribution in [3.8, 4) is 0 Å². The standard InChI is InChI=1S/C7H8O5/c1-3-12-7(10)5(4-8)6(9)11-2/h3H2,1-2H3. The van der Waals surface area contributed by atoms with Crippen LogP contribution in [0.1, 0.15) is 6.92 Å². The summed E-state index contributed by atoms with van der Waals surface area (Å²) in [5.41, 5.74) is -0.751. The second kappa shape index (κ2) is 5.09. The van der Waals surface area contributed by atoms with E-state index in [-0.39, 0.29) is 6.61 Å². The number of esters is 2. The lowest BCUT2D eigenvalue weighted by Crippen LogP contribution is -2.17. The summed E-state index contributed by atoms with van der Waals surface area (Å²) in [5, 5.41) is 0. The number of methoxy groups -OCH3 is 1. The number of carbonyl (C=O) groups is 2. The molecule has 0 aliphatic rings. The summed E-state index contributed by atoms with van der Waals surface area (Å²) in [5.74, 6) is -0.898. The van der Waals surface area contributed by atoms with Crippen LogP contribution in [0.2, 0.25) is 0 Å². The molecule has 0 spiro atoms. The smallest absolute Gasteiger partial charge is 0.357 e. The van der Waals surface area contributed by atoms with Crippen molar-refractivity contribution < 1.29 is 23.9 Å². The molecule has 0 saturated carbocycles. The Hall–Kier alpha value is -1.61. The van der Waals surface area contributed by atoms with E-state index in [1.807, 2.05) is 0 Å². The SMILES string of the molecule is CCOC(=O)C(=C=O)C(=O)OC. The fourth-order valence-electron chi connectivity index (χ4n) is 0.472. The minimum atomic E-state index is -1.04. The molecule has 0 saturated heterocycles. The van der Waals surface area contributed by atoms with Crippen molar-refractivity contribution in [1.82, 2.24) is 0 Å². The first kappa shape index (κ1) is 10.4. The van der Waals surface area contributed by atoms with Crippen LogP contribution in [-0.4, -0.2) is 31.6 Å². The van der Waals surface area contributed by atoms with E-state index in [4.69, 9.17) is 0 Å². The number of rotatable bonds is 3. The van der Waals surface area contributed by atoms with Gasteiger partial charge in [0.15, 0.2) is 0 Å². The second-order valence-electron chi connectivity index (χ2n) is 1.69. The number of ether oxygens (including phenoxy) is 2. The Morgan fingerprint density at radius 2 is 1.92 bits per heavy atom. The first-order valence-corrected chi connectivity index (χ1v) is 3.17. The highest BCUT2D eigenvalue weighted by Crippen LogP contribution is 1.95. The highest BCUT2D eigenvalue weighted by molar-refractivity contribution is 6.20. The zero-order chi connectivity index (χ0) is 9.56. The van der Waals surface area contributed by atoms with E-state index >= 15 is 0 Å². The van der Waals surface area contributed by atoms with Crippen LogP contribution in [0.4, 0.5) is 0 Å². The molecule has 0 aromatic rings. The van der Waals surface area contributed by atoms with Crippen LogP contribution >= 0.6 is 0 Å². The average Bonchev–Trinajstić information content (AvgIpc) is 2.06. The zero-order valence-electron chi connectivity index (χ0n) is 6.75. The normalized spacial score (nSPS) is 8.17. The van der Waals surface area contributed by atoms with Crippen LogP contribution < -0.4 is 0 Å². The molecule has 0 aliphatic heterocycles. The highest BCUT2D eigenvalue weighted by atomic mass is 16.5. The van der Waals surface area contributed by atoms with E-state index in [1.165, 1.54) is 0 Å². The maximum Gasteiger partial charge on any atom is 0.357 e.